The van der Waals surface area contributed by atoms with Crippen molar-refractivity contribution < 1.29 is 10.2 Å². The van der Waals surface area contributed by atoms with Gasteiger partial charge in [0.15, 0.2) is 28.1 Å². The number of rotatable bonds is 2. The first-order valence-electron chi connectivity index (χ1n) is 5.29. The lowest BCUT2D eigenvalue weighted by Crippen LogP contribution is -1.91. The number of anilines is 1. The molecule has 0 saturated carbocycles. The molecule has 8 heteroatoms. The Morgan fingerprint density at radius 2 is 2.00 bits per heavy atom. The van der Waals surface area contributed by atoms with Crippen molar-refractivity contribution in [2.24, 2.45) is 0 Å². The Hall–Kier alpha value is -2.48. The van der Waals surface area contributed by atoms with Crippen LogP contribution in [0.3, 0.4) is 0 Å². The molecule has 0 spiro atoms. The summed E-state index contributed by atoms with van der Waals surface area (Å²) in [4.78, 5) is 15.8. The molecular formula is C11H9N5O2S. The van der Waals surface area contributed by atoms with Gasteiger partial charge in [0.25, 0.3) is 0 Å². The number of fused-ring (bicyclic) bond motifs is 1. The molecule has 3 aromatic rings. The van der Waals surface area contributed by atoms with Crippen LogP contribution in [0.1, 0.15) is 0 Å². The molecule has 0 fully saturated rings. The summed E-state index contributed by atoms with van der Waals surface area (Å²) in [5.41, 5.74) is 6.76. The Morgan fingerprint density at radius 3 is 2.74 bits per heavy atom. The molecule has 0 bridgehead atoms. The van der Waals surface area contributed by atoms with Gasteiger partial charge >= 0.3 is 0 Å². The van der Waals surface area contributed by atoms with E-state index in [1.54, 1.807) is 6.07 Å². The number of aromatic nitrogens is 4. The Kier molecular flexibility index (Phi) is 2.64. The number of nitrogens with one attached hydrogen (secondary N) is 1. The molecule has 2 aromatic heterocycles. The summed E-state index contributed by atoms with van der Waals surface area (Å²) >= 11 is 1.28. The molecule has 96 valence electrons. The first kappa shape index (κ1) is 11.6. The van der Waals surface area contributed by atoms with Crippen molar-refractivity contribution in [1.29, 1.82) is 0 Å². The second-order valence-electron chi connectivity index (χ2n) is 3.75. The van der Waals surface area contributed by atoms with Crippen molar-refractivity contribution in [3.8, 4) is 11.5 Å². The van der Waals surface area contributed by atoms with Crippen LogP contribution in [0, 0.1) is 0 Å². The molecule has 0 aliphatic carbocycles. The topological polar surface area (TPSA) is 121 Å². The van der Waals surface area contributed by atoms with E-state index in [2.05, 4.69) is 19.9 Å². The average molecular weight is 275 g/mol. The number of nitrogens with two attached hydrogens (primary N) is 1. The predicted molar refractivity (Wildman–Crippen MR) is 70.0 cm³/mol. The monoisotopic (exact) mass is 275 g/mol. The average Bonchev–Trinajstić information content (AvgIpc) is 2.78. The molecule has 5 N–H and O–H groups in total. The van der Waals surface area contributed by atoms with E-state index in [9.17, 15) is 10.2 Å². The van der Waals surface area contributed by atoms with Crippen molar-refractivity contribution in [2.75, 3.05) is 5.73 Å². The van der Waals surface area contributed by atoms with E-state index < -0.39 is 0 Å². The van der Waals surface area contributed by atoms with Gasteiger partial charge in [-0.15, -0.1) is 0 Å². The zero-order chi connectivity index (χ0) is 13.4. The lowest BCUT2D eigenvalue weighted by Gasteiger charge is -2.00. The molecule has 0 amide bonds. The van der Waals surface area contributed by atoms with Gasteiger partial charge in [0.05, 0.1) is 0 Å². The van der Waals surface area contributed by atoms with Crippen LogP contribution in [-0.2, 0) is 0 Å². The predicted octanol–water partition coefficient (Wildman–Crippen LogP) is 1.50. The highest BCUT2D eigenvalue weighted by molar-refractivity contribution is 7.99. The fourth-order valence-electron chi connectivity index (χ4n) is 1.55. The van der Waals surface area contributed by atoms with Gasteiger partial charge in [-0.3, -0.25) is 0 Å². The highest BCUT2D eigenvalue weighted by Gasteiger charge is 2.09. The molecular weight excluding hydrogens is 266 g/mol. The second-order valence-corrected chi connectivity index (χ2v) is 4.81. The molecule has 7 nitrogen and oxygen atoms in total. The summed E-state index contributed by atoms with van der Waals surface area (Å²) in [6.07, 6.45) is 1.35. The number of phenolic OH excluding ortho intramolecular Hbond substituents is 2. The quantitative estimate of drug-likeness (QED) is 0.523. The summed E-state index contributed by atoms with van der Waals surface area (Å²) in [5.74, 6) is -0.0117. The third kappa shape index (κ3) is 2.13. The highest BCUT2D eigenvalue weighted by atomic mass is 32.2. The highest BCUT2D eigenvalue weighted by Crippen LogP contribution is 2.33. The molecule has 0 saturated heterocycles. The lowest BCUT2D eigenvalue weighted by molar-refractivity contribution is 0.402. The molecule has 0 unspecified atom stereocenters. The summed E-state index contributed by atoms with van der Waals surface area (Å²) in [5, 5.41) is 19.2. The van der Waals surface area contributed by atoms with Crippen LogP contribution in [0.2, 0.25) is 0 Å². The van der Waals surface area contributed by atoms with Crippen LogP contribution in [0.4, 0.5) is 5.82 Å². The van der Waals surface area contributed by atoms with Crippen LogP contribution in [0.25, 0.3) is 11.2 Å². The number of phenols is 2. The van der Waals surface area contributed by atoms with Gasteiger partial charge in [0.2, 0.25) is 0 Å². The third-order valence-corrected chi connectivity index (χ3v) is 3.33. The van der Waals surface area contributed by atoms with Gasteiger partial charge in [-0.1, -0.05) is 11.8 Å². The molecule has 0 aliphatic rings. The summed E-state index contributed by atoms with van der Waals surface area (Å²) in [6, 6.07) is 4.53. The Balaban J connectivity index is 1.96. The van der Waals surface area contributed by atoms with Crippen LogP contribution in [0.5, 0.6) is 11.5 Å². The molecule has 0 aliphatic heterocycles. The SMILES string of the molecule is Nc1ncnc2nc(Sc3ccc(O)c(O)c3)[nH]c12. The van der Waals surface area contributed by atoms with Gasteiger partial charge in [-0.25, -0.2) is 15.0 Å². The van der Waals surface area contributed by atoms with Crippen LogP contribution < -0.4 is 5.73 Å². The van der Waals surface area contributed by atoms with Crippen LogP contribution in [-0.4, -0.2) is 30.1 Å². The maximum atomic E-state index is 9.43. The van der Waals surface area contributed by atoms with E-state index in [4.69, 9.17) is 5.73 Å². The smallest absolute Gasteiger partial charge is 0.183 e. The number of imidazole rings is 1. The lowest BCUT2D eigenvalue weighted by atomic mass is 10.3. The molecule has 0 atom stereocenters. The van der Waals surface area contributed by atoms with Gasteiger partial charge in [0.1, 0.15) is 11.8 Å². The summed E-state index contributed by atoms with van der Waals surface area (Å²) in [6.45, 7) is 0. The Labute approximate surface area is 111 Å². The van der Waals surface area contributed by atoms with Crippen LogP contribution in [0.15, 0.2) is 34.6 Å². The number of nitrogen functional groups attached to an aromatic ring is 1. The number of benzene rings is 1. The minimum atomic E-state index is -0.180. The normalized spacial score (nSPS) is 10.9. The van der Waals surface area contributed by atoms with E-state index in [0.29, 0.717) is 22.1 Å². The molecule has 19 heavy (non-hydrogen) atoms. The van der Waals surface area contributed by atoms with E-state index >= 15 is 0 Å². The number of aromatic amines is 1. The first-order valence-corrected chi connectivity index (χ1v) is 6.11. The van der Waals surface area contributed by atoms with E-state index in [1.807, 2.05) is 0 Å². The van der Waals surface area contributed by atoms with Gasteiger partial charge in [0, 0.05) is 4.90 Å². The summed E-state index contributed by atoms with van der Waals surface area (Å²) < 4.78 is 0. The number of H-pyrrole nitrogens is 1. The summed E-state index contributed by atoms with van der Waals surface area (Å²) in [7, 11) is 0. The zero-order valence-corrected chi connectivity index (χ0v) is 10.3. The molecule has 0 radical (unpaired) electrons. The largest absolute Gasteiger partial charge is 0.504 e. The Morgan fingerprint density at radius 1 is 1.16 bits per heavy atom. The van der Waals surface area contributed by atoms with Crippen LogP contribution >= 0.6 is 11.8 Å². The van der Waals surface area contributed by atoms with E-state index in [-0.39, 0.29) is 11.5 Å². The maximum Gasteiger partial charge on any atom is 0.183 e. The number of hydrogen-bond donors (Lipinski definition) is 4. The van der Waals surface area contributed by atoms with Gasteiger partial charge in [-0.2, -0.15) is 0 Å². The molecule has 3 rings (SSSR count). The fraction of sp³-hybridized carbons (Fsp3) is 0. The minimum Gasteiger partial charge on any atom is -0.504 e. The van der Waals surface area contributed by atoms with Crippen molar-refractivity contribution in [3.63, 3.8) is 0 Å². The fourth-order valence-corrected chi connectivity index (χ4v) is 2.37. The van der Waals surface area contributed by atoms with Crippen molar-refractivity contribution in [2.45, 2.75) is 10.1 Å². The number of nitrogens with zero attached hydrogens (tertiary/aromatic N) is 3. The van der Waals surface area contributed by atoms with E-state index in [0.717, 1.165) is 4.90 Å². The van der Waals surface area contributed by atoms with E-state index in [1.165, 1.54) is 30.2 Å². The van der Waals surface area contributed by atoms with Crippen molar-refractivity contribution in [1.82, 2.24) is 19.9 Å². The van der Waals surface area contributed by atoms with Gasteiger partial charge in [-0.05, 0) is 18.2 Å². The van der Waals surface area contributed by atoms with Gasteiger partial charge < -0.3 is 20.9 Å². The third-order valence-electron chi connectivity index (χ3n) is 2.46. The second kappa shape index (κ2) is 4.32. The number of hydrogen-bond acceptors (Lipinski definition) is 7. The molecule has 2 heterocycles. The standard InChI is InChI=1S/C11H9N5O2S/c12-9-8-10(14-4-13-9)16-11(15-8)19-5-1-2-6(17)7(18)3-5/h1-4,17-18H,(H3,12,13,14,15,16). The maximum absolute atomic E-state index is 9.43. The van der Waals surface area contributed by atoms with Crippen molar-refractivity contribution in [3.05, 3.63) is 24.5 Å². The number of aromatic hydroxyl groups is 2. The van der Waals surface area contributed by atoms with Crippen molar-refractivity contribution >= 4 is 28.7 Å². The zero-order valence-electron chi connectivity index (χ0n) is 9.53. The first-order chi connectivity index (χ1) is 9.13. The minimum absolute atomic E-state index is 0.163. The Bertz CT molecular complexity index is 758. The molecule has 1 aromatic carbocycles.